The minimum Gasteiger partial charge on any atom is -0.497 e. The van der Waals surface area contributed by atoms with Crippen molar-refractivity contribution in [2.45, 2.75) is 24.4 Å². The van der Waals surface area contributed by atoms with E-state index in [-0.39, 0.29) is 5.91 Å². The number of thioether (sulfide) groups is 1. The fourth-order valence-corrected chi connectivity index (χ4v) is 4.34. The predicted octanol–water partition coefficient (Wildman–Crippen LogP) is 4.60. The van der Waals surface area contributed by atoms with Gasteiger partial charge in [0.05, 0.1) is 12.9 Å². The number of carbonyl (C=O) groups excluding carboxylic acids is 1. The molecule has 0 saturated carbocycles. The van der Waals surface area contributed by atoms with Crippen LogP contribution in [-0.4, -0.2) is 41.4 Å². The molecule has 7 heteroatoms. The van der Waals surface area contributed by atoms with Crippen molar-refractivity contribution in [2.24, 2.45) is 0 Å². The molecule has 0 radical (unpaired) electrons. The first-order valence-electron chi connectivity index (χ1n) is 10.2. The van der Waals surface area contributed by atoms with Gasteiger partial charge in [0.1, 0.15) is 5.75 Å². The highest BCUT2D eigenvalue weighted by Gasteiger charge is 2.12. The van der Waals surface area contributed by atoms with Crippen LogP contribution < -0.4 is 15.0 Å². The molecule has 1 aliphatic heterocycles. The van der Waals surface area contributed by atoms with Gasteiger partial charge in [-0.05, 0) is 67.8 Å². The Morgan fingerprint density at radius 1 is 1.03 bits per heavy atom. The number of amides is 1. The third-order valence-electron chi connectivity index (χ3n) is 5.16. The van der Waals surface area contributed by atoms with Crippen LogP contribution >= 0.6 is 11.8 Å². The number of nitrogens with one attached hydrogen (secondary N) is 1. The van der Waals surface area contributed by atoms with E-state index < -0.39 is 0 Å². The lowest BCUT2D eigenvalue weighted by atomic mass is 10.1. The molecule has 156 valence electrons. The van der Waals surface area contributed by atoms with Crippen molar-refractivity contribution in [3.8, 4) is 11.4 Å². The summed E-state index contributed by atoms with van der Waals surface area (Å²) in [4.78, 5) is 19.2. The van der Waals surface area contributed by atoms with E-state index in [1.807, 2.05) is 47.2 Å². The fraction of sp³-hybridized carbons (Fsp3) is 0.304. The van der Waals surface area contributed by atoms with Crippen molar-refractivity contribution >= 4 is 29.0 Å². The maximum atomic E-state index is 12.4. The highest BCUT2D eigenvalue weighted by Crippen LogP contribution is 2.24. The minimum absolute atomic E-state index is 0.0463. The number of hydrogen-bond donors (Lipinski definition) is 1. The Morgan fingerprint density at radius 2 is 1.73 bits per heavy atom. The van der Waals surface area contributed by atoms with Crippen molar-refractivity contribution < 1.29 is 9.53 Å². The number of piperidine rings is 1. The number of methoxy groups -OCH3 is 1. The smallest absolute Gasteiger partial charge is 0.234 e. The number of anilines is 2. The maximum absolute atomic E-state index is 12.4. The zero-order valence-electron chi connectivity index (χ0n) is 17.1. The van der Waals surface area contributed by atoms with Gasteiger partial charge in [-0.15, -0.1) is 0 Å². The largest absolute Gasteiger partial charge is 0.497 e. The molecule has 1 aliphatic rings. The Balaban J connectivity index is 1.32. The second-order valence-electron chi connectivity index (χ2n) is 7.21. The van der Waals surface area contributed by atoms with Crippen LogP contribution in [0.5, 0.6) is 5.75 Å². The number of rotatable bonds is 7. The first-order chi connectivity index (χ1) is 14.7. The third kappa shape index (κ3) is 4.97. The zero-order chi connectivity index (χ0) is 20.8. The molecule has 3 aromatic rings. The van der Waals surface area contributed by atoms with Crippen LogP contribution in [0.3, 0.4) is 0 Å². The van der Waals surface area contributed by atoms with E-state index in [1.165, 1.54) is 36.7 Å². The van der Waals surface area contributed by atoms with Crippen LogP contribution in [0.4, 0.5) is 11.4 Å². The van der Waals surface area contributed by atoms with E-state index in [0.29, 0.717) is 5.75 Å². The number of imidazole rings is 1. The first kappa shape index (κ1) is 20.3. The number of aromatic nitrogens is 2. The summed E-state index contributed by atoms with van der Waals surface area (Å²) in [5.74, 6) is 1.05. The molecule has 6 nitrogen and oxygen atoms in total. The molecule has 30 heavy (non-hydrogen) atoms. The van der Waals surface area contributed by atoms with Gasteiger partial charge in [0.2, 0.25) is 5.91 Å². The van der Waals surface area contributed by atoms with Gasteiger partial charge in [0, 0.05) is 42.5 Å². The Hall–Kier alpha value is -2.93. The molecular formula is C23H26N4O2S. The number of ether oxygens (including phenoxy) is 1. The molecule has 0 spiro atoms. The Labute approximate surface area is 181 Å². The van der Waals surface area contributed by atoms with E-state index in [2.05, 4.69) is 27.3 Å². The van der Waals surface area contributed by atoms with Crippen LogP contribution in [-0.2, 0) is 4.79 Å². The molecule has 1 saturated heterocycles. The maximum Gasteiger partial charge on any atom is 0.234 e. The molecule has 1 fully saturated rings. The zero-order valence-corrected chi connectivity index (χ0v) is 17.9. The molecule has 0 unspecified atom stereocenters. The first-order valence-corrected chi connectivity index (χ1v) is 11.2. The summed E-state index contributed by atoms with van der Waals surface area (Å²) in [6.45, 7) is 2.23. The van der Waals surface area contributed by atoms with Gasteiger partial charge < -0.3 is 15.0 Å². The molecule has 2 aromatic carbocycles. The van der Waals surface area contributed by atoms with Gasteiger partial charge in [-0.25, -0.2) is 4.98 Å². The lowest BCUT2D eigenvalue weighted by Gasteiger charge is -2.28. The second-order valence-corrected chi connectivity index (χ2v) is 8.15. The van der Waals surface area contributed by atoms with E-state index >= 15 is 0 Å². The number of hydrogen-bond acceptors (Lipinski definition) is 5. The molecular weight excluding hydrogens is 396 g/mol. The second kappa shape index (κ2) is 9.71. The van der Waals surface area contributed by atoms with Crippen LogP contribution in [0, 0.1) is 0 Å². The van der Waals surface area contributed by atoms with E-state index in [9.17, 15) is 4.79 Å². The monoisotopic (exact) mass is 422 g/mol. The average molecular weight is 423 g/mol. The summed E-state index contributed by atoms with van der Waals surface area (Å²) < 4.78 is 7.17. The summed E-state index contributed by atoms with van der Waals surface area (Å²) in [6.07, 6.45) is 7.45. The highest BCUT2D eigenvalue weighted by molar-refractivity contribution is 7.99. The van der Waals surface area contributed by atoms with Crippen LogP contribution in [0.25, 0.3) is 5.69 Å². The Morgan fingerprint density at radius 3 is 2.43 bits per heavy atom. The topological polar surface area (TPSA) is 59.4 Å². The quantitative estimate of drug-likeness (QED) is 0.564. The Bertz CT molecular complexity index is 964. The van der Waals surface area contributed by atoms with Gasteiger partial charge in [-0.3, -0.25) is 9.36 Å². The van der Waals surface area contributed by atoms with Crippen LogP contribution in [0.2, 0.25) is 0 Å². The summed E-state index contributed by atoms with van der Waals surface area (Å²) in [5, 5.41) is 3.75. The van der Waals surface area contributed by atoms with Gasteiger partial charge >= 0.3 is 0 Å². The molecule has 0 bridgehead atoms. The molecule has 0 atom stereocenters. The molecule has 2 heterocycles. The fourth-order valence-electron chi connectivity index (χ4n) is 3.57. The van der Waals surface area contributed by atoms with Crippen molar-refractivity contribution in [2.75, 3.05) is 36.2 Å². The average Bonchev–Trinajstić information content (AvgIpc) is 3.27. The van der Waals surface area contributed by atoms with Gasteiger partial charge in [0.25, 0.3) is 0 Å². The molecule has 1 amide bonds. The standard InChI is InChI=1S/C23H26N4O2S/c1-29-21-11-9-20(10-12-21)27-16-13-24-23(27)30-17-22(28)25-18-5-7-19(8-6-18)26-14-3-2-4-15-26/h5-13,16H,2-4,14-15,17H2,1H3,(H,25,28). The Kier molecular flexibility index (Phi) is 6.59. The molecule has 4 rings (SSSR count). The summed E-state index contributed by atoms with van der Waals surface area (Å²) in [6, 6.07) is 15.9. The van der Waals surface area contributed by atoms with Gasteiger partial charge in [-0.2, -0.15) is 0 Å². The van der Waals surface area contributed by atoms with E-state index in [1.54, 1.807) is 13.3 Å². The van der Waals surface area contributed by atoms with Crippen molar-refractivity contribution in [1.29, 1.82) is 0 Å². The van der Waals surface area contributed by atoms with Crippen molar-refractivity contribution in [3.05, 3.63) is 60.9 Å². The summed E-state index contributed by atoms with van der Waals surface area (Å²) >= 11 is 1.41. The van der Waals surface area contributed by atoms with Gasteiger partial charge in [0.15, 0.2) is 5.16 Å². The molecule has 1 aromatic heterocycles. The van der Waals surface area contributed by atoms with E-state index in [0.717, 1.165) is 35.4 Å². The highest BCUT2D eigenvalue weighted by atomic mass is 32.2. The number of benzene rings is 2. The number of carbonyl (C=O) groups is 1. The molecule has 0 aliphatic carbocycles. The number of nitrogens with zero attached hydrogens (tertiary/aromatic N) is 3. The van der Waals surface area contributed by atoms with E-state index in [4.69, 9.17) is 4.74 Å². The van der Waals surface area contributed by atoms with Crippen LogP contribution in [0.1, 0.15) is 19.3 Å². The van der Waals surface area contributed by atoms with Crippen LogP contribution in [0.15, 0.2) is 66.1 Å². The lowest BCUT2D eigenvalue weighted by molar-refractivity contribution is -0.113. The summed E-state index contributed by atoms with van der Waals surface area (Å²) in [7, 11) is 1.65. The van der Waals surface area contributed by atoms with Gasteiger partial charge in [-0.1, -0.05) is 11.8 Å². The SMILES string of the molecule is COc1ccc(-n2ccnc2SCC(=O)Nc2ccc(N3CCCCC3)cc2)cc1. The minimum atomic E-state index is -0.0463. The summed E-state index contributed by atoms with van der Waals surface area (Å²) in [5.41, 5.74) is 3.02. The third-order valence-corrected chi connectivity index (χ3v) is 6.13. The normalized spacial score (nSPS) is 13.8. The lowest BCUT2D eigenvalue weighted by Crippen LogP contribution is -2.29. The molecule has 1 N–H and O–H groups in total. The van der Waals surface area contributed by atoms with Crippen molar-refractivity contribution in [1.82, 2.24) is 9.55 Å². The van der Waals surface area contributed by atoms with Crippen molar-refractivity contribution in [3.63, 3.8) is 0 Å². The predicted molar refractivity (Wildman–Crippen MR) is 122 cm³/mol.